The number of allylic oxidation sites excluding steroid dienone is 1. The van der Waals surface area contributed by atoms with Gasteiger partial charge in [-0.2, -0.15) is 4.98 Å². The highest BCUT2D eigenvalue weighted by atomic mass is 35.5. The van der Waals surface area contributed by atoms with Gasteiger partial charge in [0.2, 0.25) is 5.95 Å². The van der Waals surface area contributed by atoms with Gasteiger partial charge in [0.05, 0.1) is 7.11 Å². The van der Waals surface area contributed by atoms with Crippen LogP contribution in [0.15, 0.2) is 78.9 Å². The van der Waals surface area contributed by atoms with Gasteiger partial charge in [-0.15, -0.1) is 5.10 Å². The normalized spacial score (nSPS) is 15.0. The first-order valence-electron chi connectivity index (χ1n) is 9.76. The number of nitrogens with zero attached hydrogens (tertiary/aromatic N) is 3. The molecule has 7 heteroatoms. The maximum absolute atomic E-state index is 10.3. The summed E-state index contributed by atoms with van der Waals surface area (Å²) >= 11 is 6.07. The van der Waals surface area contributed by atoms with Crippen molar-refractivity contribution in [3.05, 3.63) is 95.0 Å². The van der Waals surface area contributed by atoms with Crippen LogP contribution in [0.5, 0.6) is 11.5 Å². The molecule has 6 nitrogen and oxygen atoms in total. The first kappa shape index (κ1) is 19.2. The van der Waals surface area contributed by atoms with Crippen LogP contribution in [-0.4, -0.2) is 27.0 Å². The van der Waals surface area contributed by atoms with E-state index in [4.69, 9.17) is 26.4 Å². The lowest BCUT2D eigenvalue weighted by atomic mass is 10.0. The fourth-order valence-corrected chi connectivity index (χ4v) is 3.75. The second-order valence-corrected chi connectivity index (χ2v) is 7.59. The van der Waals surface area contributed by atoms with Crippen LogP contribution in [0, 0.1) is 0 Å². The fourth-order valence-electron chi connectivity index (χ4n) is 3.63. The third kappa shape index (κ3) is 3.62. The Labute approximate surface area is 184 Å². The van der Waals surface area contributed by atoms with E-state index < -0.39 is 0 Å². The average molecular weight is 431 g/mol. The van der Waals surface area contributed by atoms with Crippen LogP contribution in [0.2, 0.25) is 5.02 Å². The predicted molar refractivity (Wildman–Crippen MR) is 121 cm³/mol. The summed E-state index contributed by atoms with van der Waals surface area (Å²) in [6, 6.07) is 22.5. The van der Waals surface area contributed by atoms with Crippen molar-refractivity contribution in [1.29, 1.82) is 0 Å². The van der Waals surface area contributed by atoms with Crippen LogP contribution < -0.4 is 10.1 Å². The van der Waals surface area contributed by atoms with Gasteiger partial charge < -0.3 is 15.2 Å². The molecular weight excluding hydrogens is 412 g/mol. The molecule has 31 heavy (non-hydrogen) atoms. The molecule has 3 aromatic carbocycles. The zero-order valence-electron chi connectivity index (χ0n) is 16.7. The molecule has 1 aliphatic heterocycles. The molecule has 0 aliphatic carbocycles. The highest BCUT2D eigenvalue weighted by molar-refractivity contribution is 6.30. The van der Waals surface area contributed by atoms with Crippen LogP contribution >= 0.6 is 11.6 Å². The molecule has 154 valence electrons. The van der Waals surface area contributed by atoms with E-state index in [1.807, 2.05) is 65.3 Å². The molecule has 2 heterocycles. The lowest BCUT2D eigenvalue weighted by Crippen LogP contribution is -2.20. The van der Waals surface area contributed by atoms with E-state index in [9.17, 15) is 5.11 Å². The van der Waals surface area contributed by atoms with E-state index in [1.54, 1.807) is 12.1 Å². The summed E-state index contributed by atoms with van der Waals surface area (Å²) in [5, 5.41) is 19.2. The summed E-state index contributed by atoms with van der Waals surface area (Å²) in [6.07, 6.45) is 2.06. The molecule has 0 amide bonds. The van der Waals surface area contributed by atoms with Crippen molar-refractivity contribution in [3.8, 4) is 22.9 Å². The van der Waals surface area contributed by atoms with Crippen LogP contribution in [-0.2, 0) is 0 Å². The van der Waals surface area contributed by atoms with Crippen LogP contribution in [0.4, 0.5) is 5.95 Å². The molecule has 4 aromatic rings. The Bertz CT molecular complexity index is 1270. The van der Waals surface area contributed by atoms with E-state index in [0.29, 0.717) is 22.5 Å². The smallest absolute Gasteiger partial charge is 0.227 e. The molecule has 0 fully saturated rings. The predicted octanol–water partition coefficient (Wildman–Crippen LogP) is 5.37. The lowest BCUT2D eigenvalue weighted by Gasteiger charge is -2.24. The van der Waals surface area contributed by atoms with E-state index in [0.717, 1.165) is 22.4 Å². The number of hydrogen-bond acceptors (Lipinski definition) is 5. The second-order valence-electron chi connectivity index (χ2n) is 7.16. The third-order valence-corrected chi connectivity index (χ3v) is 5.45. The molecule has 5 rings (SSSR count). The number of phenolic OH excluding ortho intramolecular Hbond substituents is 1. The highest BCUT2D eigenvalue weighted by Crippen LogP contribution is 2.37. The molecule has 0 bridgehead atoms. The topological polar surface area (TPSA) is 72.2 Å². The molecule has 0 saturated carbocycles. The molecule has 0 saturated heterocycles. The Morgan fingerprint density at radius 3 is 2.48 bits per heavy atom. The van der Waals surface area contributed by atoms with Gasteiger partial charge in [-0.25, -0.2) is 4.68 Å². The minimum atomic E-state index is -0.274. The zero-order valence-corrected chi connectivity index (χ0v) is 17.4. The van der Waals surface area contributed by atoms with Crippen molar-refractivity contribution >= 4 is 23.2 Å². The quantitative estimate of drug-likeness (QED) is 0.455. The number of ether oxygens (including phenoxy) is 1. The van der Waals surface area contributed by atoms with Crippen molar-refractivity contribution in [2.24, 2.45) is 0 Å². The summed E-state index contributed by atoms with van der Waals surface area (Å²) in [5.74, 6) is 1.73. The average Bonchev–Trinajstić information content (AvgIpc) is 3.24. The number of methoxy groups -OCH3 is 1. The van der Waals surface area contributed by atoms with E-state index in [1.165, 1.54) is 7.11 Å². The largest absolute Gasteiger partial charge is 0.504 e. The maximum Gasteiger partial charge on any atom is 0.227 e. The summed E-state index contributed by atoms with van der Waals surface area (Å²) in [6.45, 7) is 0. The van der Waals surface area contributed by atoms with E-state index >= 15 is 0 Å². The van der Waals surface area contributed by atoms with Crippen molar-refractivity contribution in [3.63, 3.8) is 0 Å². The minimum Gasteiger partial charge on any atom is -0.504 e. The summed E-state index contributed by atoms with van der Waals surface area (Å²) < 4.78 is 7.02. The van der Waals surface area contributed by atoms with E-state index in [-0.39, 0.29) is 11.8 Å². The van der Waals surface area contributed by atoms with Gasteiger partial charge in [-0.05, 0) is 41.5 Å². The number of hydrogen-bond donors (Lipinski definition) is 2. The molecular formula is C24H19ClN4O2. The number of aromatic hydroxyl groups is 1. The monoisotopic (exact) mass is 430 g/mol. The lowest BCUT2D eigenvalue weighted by molar-refractivity contribution is 0.372. The van der Waals surface area contributed by atoms with Gasteiger partial charge >= 0.3 is 0 Å². The van der Waals surface area contributed by atoms with Crippen molar-refractivity contribution in [1.82, 2.24) is 14.8 Å². The van der Waals surface area contributed by atoms with Gasteiger partial charge in [-0.3, -0.25) is 0 Å². The Morgan fingerprint density at radius 2 is 1.77 bits per heavy atom. The number of aromatic nitrogens is 3. The van der Waals surface area contributed by atoms with Crippen molar-refractivity contribution < 1.29 is 9.84 Å². The number of benzene rings is 3. The first-order valence-corrected chi connectivity index (χ1v) is 10.1. The zero-order chi connectivity index (χ0) is 21.4. The fraction of sp³-hybridized carbons (Fsp3) is 0.0833. The van der Waals surface area contributed by atoms with Crippen LogP contribution in [0.25, 0.3) is 17.1 Å². The SMILES string of the molecule is COc1ccc([C@H]2C=C(c3ccc(Cl)cc3)Nc3nc(-c4ccccc4)nn32)cc1O. The summed E-state index contributed by atoms with van der Waals surface area (Å²) in [5.41, 5.74) is 3.65. The number of phenols is 1. The number of rotatable bonds is 4. The first-order chi connectivity index (χ1) is 15.1. The van der Waals surface area contributed by atoms with Gasteiger partial charge in [0.25, 0.3) is 0 Å². The number of anilines is 1. The molecule has 1 aromatic heterocycles. The standard InChI is InChI=1S/C24H19ClN4O2/c1-31-22-12-9-17(13-21(22)30)20-14-19(15-7-10-18(25)11-8-15)26-24-27-23(28-29(20)24)16-5-3-2-4-6-16/h2-14,20,30H,1H3,(H,26,27,28)/t20-/m1/s1. The highest BCUT2D eigenvalue weighted by Gasteiger charge is 2.26. The molecule has 0 unspecified atom stereocenters. The Hall–Kier alpha value is -3.77. The molecule has 0 spiro atoms. The molecule has 1 aliphatic rings. The Kier molecular flexibility index (Phi) is 4.84. The van der Waals surface area contributed by atoms with Gasteiger partial charge in [0.15, 0.2) is 17.3 Å². The number of fused-ring (bicyclic) bond motifs is 1. The Morgan fingerprint density at radius 1 is 1.00 bits per heavy atom. The van der Waals surface area contributed by atoms with Crippen molar-refractivity contribution in [2.45, 2.75) is 6.04 Å². The van der Waals surface area contributed by atoms with Crippen LogP contribution in [0.3, 0.4) is 0 Å². The van der Waals surface area contributed by atoms with Gasteiger partial charge in [0.1, 0.15) is 6.04 Å². The molecule has 0 radical (unpaired) electrons. The molecule has 2 N–H and O–H groups in total. The number of nitrogens with one attached hydrogen (secondary N) is 1. The Balaban J connectivity index is 1.63. The second kappa shape index (κ2) is 7.81. The minimum absolute atomic E-state index is 0.0740. The van der Waals surface area contributed by atoms with Gasteiger partial charge in [0, 0.05) is 16.3 Å². The van der Waals surface area contributed by atoms with E-state index in [2.05, 4.69) is 11.4 Å². The maximum atomic E-state index is 10.3. The molecule has 1 atom stereocenters. The van der Waals surface area contributed by atoms with Gasteiger partial charge in [-0.1, -0.05) is 60.1 Å². The summed E-state index contributed by atoms with van der Waals surface area (Å²) in [7, 11) is 1.53. The van der Waals surface area contributed by atoms with Crippen molar-refractivity contribution in [2.75, 3.05) is 12.4 Å². The summed E-state index contributed by atoms with van der Waals surface area (Å²) in [4.78, 5) is 4.73. The third-order valence-electron chi connectivity index (χ3n) is 5.20. The number of halogens is 1. The van der Waals surface area contributed by atoms with Crippen LogP contribution in [0.1, 0.15) is 17.2 Å².